The molecule has 0 unspecified atom stereocenters. The van der Waals surface area contributed by atoms with Gasteiger partial charge in [0.05, 0.1) is 56.9 Å². The molecule has 0 fully saturated rings. The normalized spacial score (nSPS) is 13.1. The first-order valence-corrected chi connectivity index (χ1v) is 35.5. The number of carboxylic acids is 5. The molecule has 1 aromatic heterocycles. The Morgan fingerprint density at radius 3 is 1.48 bits per heavy atom. The summed E-state index contributed by atoms with van der Waals surface area (Å²) in [6, 6.07) is -4.39. The number of hydrogen-bond donors (Lipinski definition) is 13. The first-order chi connectivity index (χ1) is 48.1. The van der Waals surface area contributed by atoms with Crippen LogP contribution in [0, 0.1) is 11.8 Å². The van der Waals surface area contributed by atoms with Crippen molar-refractivity contribution in [3.8, 4) is 0 Å². The van der Waals surface area contributed by atoms with Crippen LogP contribution >= 0.6 is 0 Å². The Hall–Kier alpha value is -7.81. The Bertz CT molecular complexity index is 2660. The maximum absolute atomic E-state index is 13.2. The number of amides is 6. The van der Waals surface area contributed by atoms with E-state index in [0.717, 1.165) is 76.3 Å². The third-order valence-electron chi connectivity index (χ3n) is 16.6. The zero-order valence-electron chi connectivity index (χ0n) is 59.3. The third-order valence-corrected chi connectivity index (χ3v) is 16.6. The zero-order chi connectivity index (χ0) is 75.2. The number of aliphatic hydroxyl groups is 1. The molecule has 574 valence electrons. The second-order valence-electron chi connectivity index (χ2n) is 25.8. The molecule has 6 atom stereocenters. The third kappa shape index (κ3) is 48.6. The number of aliphatic carboxylic acids is 5. The summed E-state index contributed by atoms with van der Waals surface area (Å²) in [5, 5.41) is 72.4. The van der Waals surface area contributed by atoms with Crippen LogP contribution < -0.4 is 31.9 Å². The number of aromatic amines is 1. The molecule has 0 spiro atoms. The fourth-order valence-electron chi connectivity index (χ4n) is 10.5. The number of H-pyrrole nitrogens is 1. The number of aromatic nitrogens is 2. The fraction of sp³-hybridized carbons (Fsp3) is 0.754. The highest BCUT2D eigenvalue weighted by Gasteiger charge is 2.33. The van der Waals surface area contributed by atoms with Crippen molar-refractivity contribution in [2.45, 2.75) is 256 Å². The maximum atomic E-state index is 13.2. The van der Waals surface area contributed by atoms with E-state index < -0.39 is 120 Å². The molecule has 1 aromatic rings. The molecular formula is C69H114N8O24. The fourth-order valence-corrected chi connectivity index (χ4v) is 10.5. The van der Waals surface area contributed by atoms with Gasteiger partial charge in [0, 0.05) is 95.3 Å². The van der Waals surface area contributed by atoms with Gasteiger partial charge in [-0.25, -0.2) is 19.4 Å². The number of nitrogens with zero attached hydrogens (tertiary/aromatic N) is 1. The summed E-state index contributed by atoms with van der Waals surface area (Å²) < 4.78 is 21.5. The van der Waals surface area contributed by atoms with E-state index in [9.17, 15) is 92.7 Å². The van der Waals surface area contributed by atoms with Gasteiger partial charge in [0.15, 0.2) is 11.8 Å². The van der Waals surface area contributed by atoms with Gasteiger partial charge in [0.1, 0.15) is 36.9 Å². The summed E-state index contributed by atoms with van der Waals surface area (Å²) >= 11 is 0. The molecule has 0 aromatic carbocycles. The van der Waals surface area contributed by atoms with Crippen LogP contribution in [0.3, 0.4) is 0 Å². The van der Waals surface area contributed by atoms with Crippen molar-refractivity contribution in [1.29, 1.82) is 0 Å². The van der Waals surface area contributed by atoms with E-state index >= 15 is 0 Å². The molecular weight excluding hydrogens is 1320 g/mol. The van der Waals surface area contributed by atoms with E-state index in [4.69, 9.17) is 24.1 Å². The summed E-state index contributed by atoms with van der Waals surface area (Å²) in [6.07, 6.45) is 15.7. The molecule has 0 saturated heterocycles. The van der Waals surface area contributed by atoms with Gasteiger partial charge in [-0.3, -0.25) is 52.7 Å². The lowest BCUT2D eigenvalue weighted by Gasteiger charge is -2.26. The Labute approximate surface area is 591 Å². The van der Waals surface area contributed by atoms with Crippen molar-refractivity contribution in [2.24, 2.45) is 11.8 Å². The van der Waals surface area contributed by atoms with Gasteiger partial charge in [0.2, 0.25) is 35.4 Å². The molecule has 0 aliphatic heterocycles. The number of aryl methyl sites for hydroxylation is 1. The minimum atomic E-state index is -1.57. The average Bonchev–Trinajstić information content (AvgIpc) is 1.49. The number of nitrogens with one attached hydrogen (secondary N) is 7. The molecule has 13 N–H and O–H groups in total. The molecule has 0 bridgehead atoms. The van der Waals surface area contributed by atoms with Crippen LogP contribution in [0.4, 0.5) is 0 Å². The summed E-state index contributed by atoms with van der Waals surface area (Å²) in [5.74, 6) is -12.8. The lowest BCUT2D eigenvalue weighted by Crippen LogP contribution is -2.51. The summed E-state index contributed by atoms with van der Waals surface area (Å²) in [5.41, 5.74) is -0.496. The molecule has 0 aliphatic carbocycles. The largest absolute Gasteiger partial charge is 0.481 e. The van der Waals surface area contributed by atoms with E-state index in [2.05, 4.69) is 41.9 Å². The Balaban J connectivity index is 2.22. The molecule has 0 saturated carbocycles. The van der Waals surface area contributed by atoms with E-state index in [-0.39, 0.29) is 160 Å². The Kier molecular flexibility index (Phi) is 50.4. The van der Waals surface area contributed by atoms with E-state index in [0.29, 0.717) is 32.1 Å². The van der Waals surface area contributed by atoms with Gasteiger partial charge in [-0.2, -0.15) is 0 Å². The second-order valence-corrected chi connectivity index (χ2v) is 25.8. The van der Waals surface area contributed by atoms with Crippen LogP contribution in [0.25, 0.3) is 0 Å². The van der Waals surface area contributed by atoms with Crippen LogP contribution in [0.5, 0.6) is 0 Å². The highest BCUT2D eigenvalue weighted by atomic mass is 16.5. The number of ketones is 3. The quantitative estimate of drug-likeness (QED) is 0.0401. The Morgan fingerprint density at radius 2 is 0.960 bits per heavy atom. The van der Waals surface area contributed by atoms with E-state index in [1.807, 2.05) is 0 Å². The number of Topliss-reactive ketones (excluding diaryl/α,β-unsaturated/α-hetero) is 3. The highest BCUT2D eigenvalue weighted by molar-refractivity contribution is 5.93. The first kappa shape index (κ1) is 91.2. The highest BCUT2D eigenvalue weighted by Crippen LogP contribution is 2.21. The number of aliphatic hydroxyl groups excluding tert-OH is 1. The molecule has 0 aliphatic rings. The van der Waals surface area contributed by atoms with E-state index in [1.165, 1.54) is 26.1 Å². The minimum Gasteiger partial charge on any atom is -0.481 e. The Morgan fingerprint density at radius 1 is 0.455 bits per heavy atom. The van der Waals surface area contributed by atoms with Crippen molar-refractivity contribution >= 4 is 82.6 Å². The number of carboxylic acid groups (broad SMARTS) is 5. The van der Waals surface area contributed by atoms with Gasteiger partial charge in [-0.1, -0.05) is 83.5 Å². The number of hydrogen-bond acceptors (Lipinski definition) is 20. The predicted octanol–water partition coefficient (Wildman–Crippen LogP) is 4.44. The number of rotatable bonds is 67. The molecule has 1 rings (SSSR count). The lowest BCUT2D eigenvalue weighted by molar-refractivity contribution is -0.145. The lowest BCUT2D eigenvalue weighted by atomic mass is 9.89. The van der Waals surface area contributed by atoms with Crippen LogP contribution in [-0.2, 0) is 92.5 Å². The molecule has 1 heterocycles. The SMILES string of the molecule is C[C@@H](O)[C@H](NC(=O)[C@H](CCCCNC(=O)COCCOCCNC(=O)COCCOCCCC(=O)CC[C@H](NC(=O)CC[C@H](CC(=O)CC[C@H](NC(=O)CCCCCCCCCCCCCCCCC(=O)O)C(=O)O)C(=O)O)C(=O)O)CCC(=O)C(C)(C)NC(=O)CCc1cnc[nH]1)C(=O)O. The van der Waals surface area contributed by atoms with E-state index in [1.54, 1.807) is 20.0 Å². The van der Waals surface area contributed by atoms with Crippen LogP contribution in [-0.4, -0.2) is 219 Å². The smallest absolute Gasteiger partial charge is 0.328 e. The standard InChI is InChI=1S/C69H114N8O24/c1-48(78)63(68(96)97)76-64(89)49(25-32-56(81)69(2,3)77-59(84)34-27-51-44-70-47-73-51)21-18-19-35-71-60(85)45-101-42-40-99-38-36-72-61(86)46-100-41-39-98-37-20-22-52(79)28-30-54(66(92)93)75-58(83)33-26-50(65(90)91)43-53(80)29-31-55(67(94)95)74-57(82)23-16-14-12-10-8-6-4-5-7-9-11-13-15-17-24-62(87)88/h44,47-50,54-55,63,78H,4-43,45-46H2,1-3H3,(H,70,73)(H,71,85)(H,72,86)(H,74,82)(H,75,83)(H,76,89)(H,77,84)(H,87,88)(H,90,91)(H,92,93)(H,94,95)(H,96,97)/t48-,49-,50-,54+,55+,63+/m1/s1. The van der Waals surface area contributed by atoms with Gasteiger partial charge in [-0.05, 0) is 85.0 Å². The predicted molar refractivity (Wildman–Crippen MR) is 365 cm³/mol. The summed E-state index contributed by atoms with van der Waals surface area (Å²) in [7, 11) is 0. The van der Waals surface area contributed by atoms with Crippen molar-refractivity contribution in [2.75, 3.05) is 65.9 Å². The number of carbonyl (C=O) groups is 14. The van der Waals surface area contributed by atoms with Crippen LogP contribution in [0.15, 0.2) is 12.5 Å². The average molecular weight is 1440 g/mol. The van der Waals surface area contributed by atoms with Gasteiger partial charge in [-0.15, -0.1) is 0 Å². The van der Waals surface area contributed by atoms with Crippen LogP contribution in [0.2, 0.25) is 0 Å². The van der Waals surface area contributed by atoms with Gasteiger partial charge < -0.3 is 86.5 Å². The zero-order valence-corrected chi connectivity index (χ0v) is 59.3. The minimum absolute atomic E-state index is 0.0371. The number of imidazole rings is 1. The van der Waals surface area contributed by atoms with Crippen molar-refractivity contribution in [1.82, 2.24) is 41.9 Å². The summed E-state index contributed by atoms with van der Waals surface area (Å²) in [6.45, 7) is 4.87. The second kappa shape index (κ2) is 55.8. The first-order valence-electron chi connectivity index (χ1n) is 35.5. The summed E-state index contributed by atoms with van der Waals surface area (Å²) in [4.78, 5) is 179. The molecule has 0 radical (unpaired) electrons. The molecule has 32 heteroatoms. The van der Waals surface area contributed by atoms with Crippen molar-refractivity contribution in [3.05, 3.63) is 18.2 Å². The maximum Gasteiger partial charge on any atom is 0.328 e. The monoisotopic (exact) mass is 1440 g/mol. The van der Waals surface area contributed by atoms with Gasteiger partial charge in [0.25, 0.3) is 0 Å². The number of ether oxygens (including phenoxy) is 4. The van der Waals surface area contributed by atoms with Gasteiger partial charge >= 0.3 is 29.8 Å². The number of unbranched alkanes of at least 4 members (excludes halogenated alkanes) is 14. The number of carbonyl (C=O) groups excluding carboxylic acids is 9. The topological polar surface area (TPSA) is 498 Å². The molecule has 32 nitrogen and oxygen atoms in total. The van der Waals surface area contributed by atoms with Crippen molar-refractivity contribution in [3.63, 3.8) is 0 Å². The van der Waals surface area contributed by atoms with Crippen molar-refractivity contribution < 1.29 is 117 Å². The molecule has 101 heavy (non-hydrogen) atoms. The van der Waals surface area contributed by atoms with Crippen LogP contribution in [0.1, 0.15) is 226 Å². The molecule has 6 amide bonds.